The second-order valence-electron chi connectivity index (χ2n) is 5.88. The number of methoxy groups -OCH3 is 1. The van der Waals surface area contributed by atoms with E-state index in [1.807, 2.05) is 34.2 Å². The lowest BCUT2D eigenvalue weighted by molar-refractivity contribution is 0.104. The third kappa shape index (κ3) is 2.00. The Bertz CT molecular complexity index is 880. The fourth-order valence-electron chi connectivity index (χ4n) is 3.33. The fourth-order valence-corrected chi connectivity index (χ4v) is 3.33. The molecule has 0 spiro atoms. The number of nitrogens with zero attached hydrogens (tertiary/aromatic N) is 8. The van der Waals surface area contributed by atoms with Gasteiger partial charge in [-0.05, 0) is 11.3 Å². The van der Waals surface area contributed by atoms with Crippen molar-refractivity contribution in [1.82, 2.24) is 25.2 Å². The summed E-state index contributed by atoms with van der Waals surface area (Å²) in [4.78, 5) is 8.06. The molecule has 0 aliphatic carbocycles. The van der Waals surface area contributed by atoms with Gasteiger partial charge in [-0.3, -0.25) is 0 Å². The zero-order chi connectivity index (χ0) is 17.0. The van der Waals surface area contributed by atoms with Crippen molar-refractivity contribution < 1.29 is 9.22 Å². The Kier molecular flexibility index (Phi) is 2.95. The molecule has 10 heteroatoms. The molecule has 1 aromatic heterocycles. The van der Waals surface area contributed by atoms with Crippen LogP contribution in [0.5, 0.6) is 0 Å². The van der Waals surface area contributed by atoms with Crippen LogP contribution in [0, 0.1) is 0 Å². The lowest BCUT2D eigenvalue weighted by atomic mass is 10.1. The molecule has 3 aliphatic rings. The summed E-state index contributed by atoms with van der Waals surface area (Å²) in [5.74, 6) is 0.687. The van der Waals surface area contributed by atoms with Crippen molar-refractivity contribution in [2.75, 3.05) is 23.8 Å². The molecule has 1 atom stereocenters. The summed E-state index contributed by atoms with van der Waals surface area (Å²) in [5, 5.41) is 12.4. The van der Waals surface area contributed by atoms with E-state index in [2.05, 4.69) is 15.3 Å². The van der Waals surface area contributed by atoms with Gasteiger partial charge in [-0.1, -0.05) is 22.7 Å². The number of aliphatic imine (C=N–C) groups is 1. The topological polar surface area (TPSA) is 65.3 Å². The van der Waals surface area contributed by atoms with E-state index in [0.29, 0.717) is 23.2 Å². The van der Waals surface area contributed by atoms with Gasteiger partial charge in [-0.25, -0.2) is 10.0 Å². The van der Waals surface area contributed by atoms with Crippen LogP contribution < -0.4 is 10.0 Å². The minimum absolute atomic E-state index is 0.135. The fraction of sp³-hybridized carbons (Fsp3) is 0.267. The molecule has 0 amide bonds. The van der Waals surface area contributed by atoms with Crippen LogP contribution in [-0.4, -0.2) is 45.4 Å². The molecule has 0 radical (unpaired) electrons. The SMILES string of the molecule is COCc1cn(N2C=NC3c4ccccc4N4CN(F)C=C4N32)nn1. The van der Waals surface area contributed by atoms with Crippen molar-refractivity contribution in [1.29, 1.82) is 0 Å². The van der Waals surface area contributed by atoms with Gasteiger partial charge in [0.15, 0.2) is 12.0 Å². The normalized spacial score (nSPS) is 20.7. The number of anilines is 1. The van der Waals surface area contributed by atoms with Gasteiger partial charge in [0.25, 0.3) is 0 Å². The maximum Gasteiger partial charge on any atom is 0.173 e. The molecule has 128 valence electrons. The molecule has 0 fully saturated rings. The first-order valence-corrected chi connectivity index (χ1v) is 7.79. The average Bonchev–Trinajstić information content (AvgIpc) is 3.32. The molecule has 3 aliphatic heterocycles. The molecule has 9 nitrogen and oxygen atoms in total. The Balaban J connectivity index is 1.58. The first-order valence-electron chi connectivity index (χ1n) is 7.79. The highest BCUT2D eigenvalue weighted by molar-refractivity contribution is 5.73. The maximum atomic E-state index is 14.0. The molecule has 4 heterocycles. The summed E-state index contributed by atoms with van der Waals surface area (Å²) in [6.45, 7) is 0.500. The minimum atomic E-state index is -0.278. The number of ether oxygens (including phenoxy) is 1. The Hall–Kier alpha value is -3.14. The van der Waals surface area contributed by atoms with E-state index in [4.69, 9.17) is 4.74 Å². The smallest absolute Gasteiger partial charge is 0.173 e. The summed E-state index contributed by atoms with van der Waals surface area (Å²) in [6, 6.07) is 7.88. The summed E-state index contributed by atoms with van der Waals surface area (Å²) in [6.07, 6.45) is 4.60. The molecule has 0 N–H and O–H groups in total. The zero-order valence-corrected chi connectivity index (χ0v) is 13.4. The number of hydrogen-bond donors (Lipinski definition) is 0. The monoisotopic (exact) mass is 342 g/mol. The summed E-state index contributed by atoms with van der Waals surface area (Å²) in [7, 11) is 1.60. The van der Waals surface area contributed by atoms with Crippen LogP contribution in [0.2, 0.25) is 0 Å². The van der Waals surface area contributed by atoms with Crippen molar-refractivity contribution in [3.63, 3.8) is 0 Å². The van der Waals surface area contributed by atoms with E-state index in [0.717, 1.165) is 11.3 Å². The Morgan fingerprint density at radius 3 is 3.08 bits per heavy atom. The molecule has 0 saturated heterocycles. The van der Waals surface area contributed by atoms with Crippen LogP contribution in [-0.2, 0) is 11.3 Å². The van der Waals surface area contributed by atoms with Crippen LogP contribution in [0.3, 0.4) is 0 Å². The van der Waals surface area contributed by atoms with Crippen LogP contribution in [0.25, 0.3) is 0 Å². The van der Waals surface area contributed by atoms with Crippen LogP contribution >= 0.6 is 0 Å². The molecule has 2 aromatic rings. The second-order valence-corrected chi connectivity index (χ2v) is 5.88. The highest BCUT2D eigenvalue weighted by atomic mass is 19.2. The molecule has 5 rings (SSSR count). The third-order valence-electron chi connectivity index (χ3n) is 4.34. The standard InChI is InChI=1S/C15H15FN8O/c1-25-8-11-6-22(19-18-11)23-9-17-15-12-4-2-3-5-13(12)21-10-20(16)7-14(21)24(15)23/h2-7,9,15H,8,10H2,1H3. The number of rotatable bonds is 3. The van der Waals surface area contributed by atoms with Gasteiger partial charge in [-0.2, -0.15) is 10.2 Å². The average molecular weight is 342 g/mol. The van der Waals surface area contributed by atoms with Gasteiger partial charge in [0.2, 0.25) is 0 Å². The van der Waals surface area contributed by atoms with E-state index < -0.39 is 0 Å². The molecular weight excluding hydrogens is 327 g/mol. The molecule has 1 unspecified atom stereocenters. The predicted octanol–water partition coefficient (Wildman–Crippen LogP) is 1.10. The molecular formula is C15H15FN8O. The number of benzene rings is 1. The van der Waals surface area contributed by atoms with Crippen molar-refractivity contribution in [2.24, 2.45) is 4.99 Å². The van der Waals surface area contributed by atoms with Crippen LogP contribution in [0.1, 0.15) is 17.4 Å². The van der Waals surface area contributed by atoms with Gasteiger partial charge in [0.05, 0.1) is 24.7 Å². The third-order valence-corrected chi connectivity index (χ3v) is 4.34. The lowest BCUT2D eigenvalue weighted by Crippen LogP contribution is -2.51. The van der Waals surface area contributed by atoms with E-state index >= 15 is 0 Å². The number of halogens is 1. The summed E-state index contributed by atoms with van der Waals surface area (Å²) < 4.78 is 19.1. The highest BCUT2D eigenvalue weighted by Crippen LogP contribution is 2.45. The largest absolute Gasteiger partial charge is 0.378 e. The van der Waals surface area contributed by atoms with Gasteiger partial charge in [-0.15, -0.1) is 9.89 Å². The van der Waals surface area contributed by atoms with Crippen molar-refractivity contribution in [3.05, 3.63) is 53.7 Å². The first-order chi connectivity index (χ1) is 12.3. The second kappa shape index (κ2) is 5.18. The molecule has 25 heavy (non-hydrogen) atoms. The molecule has 0 saturated carbocycles. The number of fused-ring (bicyclic) bond motifs is 6. The van der Waals surface area contributed by atoms with Crippen LogP contribution in [0.15, 0.2) is 47.5 Å². The number of hydrazine groups is 1. The Labute approximate surface area is 142 Å². The number of para-hydroxylation sites is 1. The summed E-state index contributed by atoms with van der Waals surface area (Å²) in [5.41, 5.74) is 2.65. The molecule has 0 bridgehead atoms. The quantitative estimate of drug-likeness (QED) is 0.774. The van der Waals surface area contributed by atoms with Gasteiger partial charge < -0.3 is 9.64 Å². The van der Waals surface area contributed by atoms with Gasteiger partial charge in [0.1, 0.15) is 18.7 Å². The predicted molar refractivity (Wildman–Crippen MR) is 86.8 cm³/mol. The summed E-state index contributed by atoms with van der Waals surface area (Å²) >= 11 is 0. The van der Waals surface area contributed by atoms with Crippen molar-refractivity contribution >= 4 is 12.0 Å². The van der Waals surface area contributed by atoms with Crippen molar-refractivity contribution in [2.45, 2.75) is 12.8 Å². The highest BCUT2D eigenvalue weighted by Gasteiger charge is 2.44. The molecule has 1 aromatic carbocycles. The number of aromatic nitrogens is 3. The first kappa shape index (κ1) is 14.2. The zero-order valence-electron chi connectivity index (χ0n) is 13.4. The van der Waals surface area contributed by atoms with Crippen molar-refractivity contribution in [3.8, 4) is 0 Å². The van der Waals surface area contributed by atoms with Crippen LogP contribution in [0.4, 0.5) is 10.2 Å². The maximum absolute atomic E-state index is 14.0. The lowest BCUT2D eigenvalue weighted by Gasteiger charge is -2.41. The van der Waals surface area contributed by atoms with E-state index in [9.17, 15) is 4.48 Å². The van der Waals surface area contributed by atoms with E-state index in [1.54, 1.807) is 29.6 Å². The van der Waals surface area contributed by atoms with E-state index in [-0.39, 0.29) is 12.8 Å². The van der Waals surface area contributed by atoms with Gasteiger partial charge >= 0.3 is 0 Å². The Morgan fingerprint density at radius 1 is 1.32 bits per heavy atom. The number of hydrogen-bond acceptors (Lipinski definition) is 8. The minimum Gasteiger partial charge on any atom is -0.378 e. The van der Waals surface area contributed by atoms with E-state index in [1.165, 1.54) is 6.20 Å². The Morgan fingerprint density at radius 2 is 2.20 bits per heavy atom. The van der Waals surface area contributed by atoms with Gasteiger partial charge in [0, 0.05) is 12.7 Å².